The van der Waals surface area contributed by atoms with E-state index in [-0.39, 0.29) is 35.9 Å². The van der Waals surface area contributed by atoms with Gasteiger partial charge in [0.15, 0.2) is 0 Å². The van der Waals surface area contributed by atoms with E-state index in [9.17, 15) is 24.3 Å². The molecule has 3 aliphatic heterocycles. The zero-order valence-electron chi connectivity index (χ0n) is 36.5. The molecule has 6 rings (SSSR count). The Labute approximate surface area is 356 Å². The van der Waals surface area contributed by atoms with Crippen LogP contribution in [0.2, 0.25) is 0 Å². The number of likely N-dealkylation sites (tertiary alicyclic amines) is 1. The molecule has 3 aromatic rings. The minimum absolute atomic E-state index is 0.0358. The van der Waals surface area contributed by atoms with Crippen molar-refractivity contribution in [2.45, 2.75) is 117 Å². The number of nitrogens with zero attached hydrogens (tertiary/aromatic N) is 6. The summed E-state index contributed by atoms with van der Waals surface area (Å²) in [5.74, 6) is 0.972. The maximum Gasteiger partial charge on any atom is 0.304 e. The maximum atomic E-state index is 13.2. The number of aryl methyl sites for hydroxylation is 4. The van der Waals surface area contributed by atoms with Crippen molar-refractivity contribution in [3.8, 4) is 5.69 Å². The number of unbranched alkanes of at least 4 members (excludes halogenated alkanes) is 2. The summed E-state index contributed by atoms with van der Waals surface area (Å²) in [5, 5.41) is 21.4. The summed E-state index contributed by atoms with van der Waals surface area (Å²) in [6.45, 7) is 14.5. The Morgan fingerprint density at radius 1 is 0.917 bits per heavy atom. The summed E-state index contributed by atoms with van der Waals surface area (Å²) in [6, 6.07) is 12.9. The second-order valence-corrected chi connectivity index (χ2v) is 17.7. The lowest BCUT2D eigenvalue weighted by molar-refractivity contribution is -0.137. The topological polar surface area (TPSA) is 153 Å². The lowest BCUT2D eigenvalue weighted by atomic mass is 9.93. The molecule has 5 heterocycles. The van der Waals surface area contributed by atoms with Gasteiger partial charge < -0.3 is 30.4 Å². The average molecular weight is 825 g/mol. The van der Waals surface area contributed by atoms with Crippen molar-refractivity contribution in [2.24, 2.45) is 11.8 Å². The van der Waals surface area contributed by atoms with Gasteiger partial charge in [0.1, 0.15) is 11.6 Å². The van der Waals surface area contributed by atoms with Crippen LogP contribution in [0.3, 0.4) is 0 Å². The van der Waals surface area contributed by atoms with E-state index < -0.39 is 5.97 Å². The fourth-order valence-corrected chi connectivity index (χ4v) is 9.01. The molecule has 0 spiro atoms. The van der Waals surface area contributed by atoms with E-state index in [1.807, 2.05) is 37.3 Å². The molecule has 2 saturated heterocycles. The number of anilines is 2. The highest BCUT2D eigenvalue weighted by Crippen LogP contribution is 2.33. The number of carbonyl (C=O) groups is 4. The highest BCUT2D eigenvalue weighted by molar-refractivity contribution is 5.80. The van der Waals surface area contributed by atoms with Gasteiger partial charge in [0.25, 0.3) is 0 Å². The molecule has 2 atom stereocenters. The van der Waals surface area contributed by atoms with Crippen LogP contribution in [0.25, 0.3) is 5.69 Å². The summed E-state index contributed by atoms with van der Waals surface area (Å²) in [4.78, 5) is 61.3. The van der Waals surface area contributed by atoms with Gasteiger partial charge in [-0.25, -0.2) is 9.67 Å². The second kappa shape index (κ2) is 21.7. The minimum Gasteiger partial charge on any atom is -0.481 e. The number of carboxylic acid groups (broad SMARTS) is 1. The second-order valence-electron chi connectivity index (χ2n) is 17.7. The van der Waals surface area contributed by atoms with Crippen molar-refractivity contribution < 1.29 is 24.3 Å². The number of amides is 2. The van der Waals surface area contributed by atoms with Crippen molar-refractivity contribution in [1.82, 2.24) is 29.9 Å². The number of aliphatic carboxylic acids is 1. The summed E-state index contributed by atoms with van der Waals surface area (Å²) in [7, 11) is 0. The summed E-state index contributed by atoms with van der Waals surface area (Å²) >= 11 is 0. The van der Waals surface area contributed by atoms with E-state index in [1.165, 1.54) is 5.56 Å². The van der Waals surface area contributed by atoms with Gasteiger partial charge >= 0.3 is 5.97 Å². The Morgan fingerprint density at radius 2 is 1.72 bits per heavy atom. The van der Waals surface area contributed by atoms with Crippen LogP contribution in [-0.4, -0.2) is 112 Å². The SMILES string of the molecule is Cc1cc(C)n(-c2cc([C@H](CC(=O)O)CN3CC[C@@H](CCc4ccc5c(n4)NCCC5)C3)cc(N3CCN(C(=O)CCCC(=O)NCCCCCC(=O)C(C)C)CC3)c2)n1. The summed E-state index contributed by atoms with van der Waals surface area (Å²) in [5.41, 5.74) is 7.29. The zero-order valence-corrected chi connectivity index (χ0v) is 36.5. The standard InChI is InChI=1S/C47H68N8O5/c1-33(2)43(56)11-6-5-7-19-48-44(57)12-8-13-45(58)54-24-22-53(23-25-54)41-27-38(28-42(30-41)55-35(4)26-34(3)51-55)39(29-46(59)60)32-52-21-18-36(31-52)14-16-40-17-15-37-10-9-20-49-47(37)50-40/h15,17,26-28,30,33,36,39H,5-14,16,18-25,29,31-32H2,1-4H3,(H,48,57)(H,49,50)(H,59,60)/t36-,39-/m1/s1. The molecule has 0 saturated carbocycles. The van der Waals surface area contributed by atoms with Crippen LogP contribution in [0.4, 0.5) is 11.5 Å². The first-order valence-electron chi connectivity index (χ1n) is 22.6. The number of hydrogen-bond donors (Lipinski definition) is 3. The molecular formula is C47H68N8O5. The van der Waals surface area contributed by atoms with Gasteiger partial charge in [-0.2, -0.15) is 5.10 Å². The van der Waals surface area contributed by atoms with Crippen molar-refractivity contribution in [2.75, 3.05) is 69.1 Å². The van der Waals surface area contributed by atoms with E-state index in [1.54, 1.807) is 0 Å². The fraction of sp³-hybridized carbons (Fsp3) is 0.617. The largest absolute Gasteiger partial charge is 0.481 e. The molecule has 3 N–H and O–H groups in total. The number of carbonyl (C=O) groups excluding carboxylic acids is 3. The van der Waals surface area contributed by atoms with E-state index in [0.717, 1.165) is 111 Å². The highest BCUT2D eigenvalue weighted by atomic mass is 16.4. The first-order chi connectivity index (χ1) is 28.9. The molecule has 13 heteroatoms. The van der Waals surface area contributed by atoms with Crippen molar-refractivity contribution in [1.29, 1.82) is 0 Å². The van der Waals surface area contributed by atoms with E-state index in [2.05, 4.69) is 56.8 Å². The van der Waals surface area contributed by atoms with Crippen molar-refractivity contribution in [3.05, 3.63) is 64.6 Å². The number of pyridine rings is 1. The number of hydrogen-bond acceptors (Lipinski definition) is 9. The van der Waals surface area contributed by atoms with E-state index >= 15 is 0 Å². The molecule has 3 aliphatic rings. The molecule has 2 amide bonds. The molecular weight excluding hydrogens is 757 g/mol. The van der Waals surface area contributed by atoms with Gasteiger partial charge in [0.2, 0.25) is 11.8 Å². The van der Waals surface area contributed by atoms with Gasteiger partial charge in [0.05, 0.1) is 17.8 Å². The van der Waals surface area contributed by atoms with Crippen LogP contribution in [0.1, 0.15) is 119 Å². The molecule has 60 heavy (non-hydrogen) atoms. The minimum atomic E-state index is -0.809. The number of Topliss-reactive ketones (excluding diaryl/α,β-unsaturated/α-hetero) is 1. The Balaban J connectivity index is 1.03. The molecule has 326 valence electrons. The molecule has 0 radical (unpaired) electrons. The van der Waals surface area contributed by atoms with Gasteiger partial charge in [-0.05, 0) is 119 Å². The Hall–Kier alpha value is -4.78. The van der Waals surface area contributed by atoms with Crippen LogP contribution >= 0.6 is 0 Å². The molecule has 1 aromatic carbocycles. The van der Waals surface area contributed by atoms with Gasteiger partial charge in [0, 0.05) is 101 Å². The van der Waals surface area contributed by atoms with Crippen LogP contribution in [0.5, 0.6) is 0 Å². The van der Waals surface area contributed by atoms with Crippen LogP contribution in [0, 0.1) is 25.7 Å². The third-order valence-electron chi connectivity index (χ3n) is 12.5. The maximum absolute atomic E-state index is 13.2. The predicted octanol–water partition coefficient (Wildman–Crippen LogP) is 6.48. The third-order valence-corrected chi connectivity index (χ3v) is 12.5. The number of rotatable bonds is 21. The summed E-state index contributed by atoms with van der Waals surface area (Å²) in [6.07, 6.45) is 9.75. The van der Waals surface area contributed by atoms with Gasteiger partial charge in [-0.15, -0.1) is 0 Å². The lowest BCUT2D eigenvalue weighted by Gasteiger charge is -2.37. The third kappa shape index (κ3) is 12.9. The van der Waals surface area contributed by atoms with Crippen LogP contribution < -0.4 is 15.5 Å². The molecule has 2 aromatic heterocycles. The number of aromatic nitrogens is 3. The number of fused-ring (bicyclic) bond motifs is 1. The zero-order chi connectivity index (χ0) is 42.6. The van der Waals surface area contributed by atoms with Crippen molar-refractivity contribution >= 4 is 35.1 Å². The molecule has 0 bridgehead atoms. The Bertz CT molecular complexity index is 1940. The number of piperazine rings is 1. The number of carboxylic acids is 1. The normalized spacial score (nSPS) is 17.4. The lowest BCUT2D eigenvalue weighted by Crippen LogP contribution is -2.48. The first kappa shape index (κ1) is 44.8. The number of nitrogens with one attached hydrogen (secondary N) is 2. The average Bonchev–Trinajstić information content (AvgIpc) is 3.84. The molecule has 13 nitrogen and oxygen atoms in total. The molecule has 0 aliphatic carbocycles. The van der Waals surface area contributed by atoms with Crippen molar-refractivity contribution in [3.63, 3.8) is 0 Å². The summed E-state index contributed by atoms with van der Waals surface area (Å²) < 4.78 is 1.95. The van der Waals surface area contributed by atoms with Crippen LogP contribution in [0.15, 0.2) is 36.4 Å². The quantitative estimate of drug-likeness (QED) is 0.102. The highest BCUT2D eigenvalue weighted by Gasteiger charge is 2.29. The monoisotopic (exact) mass is 825 g/mol. The number of ketones is 1. The van der Waals surface area contributed by atoms with Gasteiger partial charge in [-0.1, -0.05) is 26.3 Å². The predicted molar refractivity (Wildman–Crippen MR) is 236 cm³/mol. The smallest absolute Gasteiger partial charge is 0.304 e. The molecule has 0 unspecified atom stereocenters. The Morgan fingerprint density at radius 3 is 2.47 bits per heavy atom. The van der Waals surface area contributed by atoms with Gasteiger partial charge in [-0.3, -0.25) is 19.2 Å². The molecule has 2 fully saturated rings. The fourth-order valence-electron chi connectivity index (χ4n) is 9.01. The van der Waals surface area contributed by atoms with E-state index in [0.29, 0.717) is 70.9 Å². The number of benzene rings is 1. The van der Waals surface area contributed by atoms with Crippen LogP contribution in [-0.2, 0) is 32.0 Å². The van der Waals surface area contributed by atoms with E-state index in [4.69, 9.17) is 10.1 Å². The Kier molecular flexibility index (Phi) is 16.2. The first-order valence-corrected chi connectivity index (χ1v) is 22.6.